The lowest BCUT2D eigenvalue weighted by atomic mass is 9.77. The van der Waals surface area contributed by atoms with Crippen LogP contribution in [0, 0.1) is 16.6 Å². The predicted molar refractivity (Wildman–Crippen MR) is 119 cm³/mol. The maximum Gasteiger partial charge on any atom is 0.315 e. The van der Waals surface area contributed by atoms with E-state index in [1.54, 1.807) is 11.0 Å². The fraction of sp³-hybridized carbons (Fsp3) is 0.545. The Morgan fingerprint density at radius 1 is 0.917 bits per heavy atom. The smallest absolute Gasteiger partial charge is 0.315 e. The van der Waals surface area contributed by atoms with E-state index in [0.717, 1.165) is 19.3 Å². The number of nitrogens with zero attached hydrogens (tertiary/aromatic N) is 6. The van der Waals surface area contributed by atoms with Gasteiger partial charge in [0, 0.05) is 32.0 Å². The topological polar surface area (TPSA) is 133 Å². The number of aliphatic carboxylic acids is 2. The molecule has 0 spiro atoms. The molecule has 196 valence electrons. The fourth-order valence-electron chi connectivity index (χ4n) is 3.93. The molecule has 2 saturated heterocycles. The molecule has 2 aromatic rings. The van der Waals surface area contributed by atoms with Crippen molar-refractivity contribution in [2.24, 2.45) is 10.8 Å². The number of carbonyl (C=O) groups is 2. The first kappa shape index (κ1) is 27.0. The van der Waals surface area contributed by atoms with Crippen molar-refractivity contribution in [3.63, 3.8) is 0 Å². The molecule has 1 unspecified atom stereocenters. The van der Waals surface area contributed by atoms with E-state index in [1.165, 1.54) is 17.3 Å². The molecule has 0 radical (unpaired) electrons. The number of carboxylic acid groups (broad SMARTS) is 2. The average molecular weight is 514 g/mol. The number of alkyl halides is 3. The maximum absolute atomic E-state index is 14.0. The highest BCUT2D eigenvalue weighted by Crippen LogP contribution is 2.44. The van der Waals surface area contributed by atoms with Gasteiger partial charge in [-0.2, -0.15) is 0 Å². The van der Waals surface area contributed by atoms with Crippen LogP contribution >= 0.6 is 0 Å². The minimum Gasteiger partial charge on any atom is -0.481 e. The molecular formula is C22H26F4N6O4. The first-order valence-electron chi connectivity index (χ1n) is 11.1. The Bertz CT molecular complexity index is 1050. The summed E-state index contributed by atoms with van der Waals surface area (Å²) in [6.07, 6.45) is 5.27. The summed E-state index contributed by atoms with van der Waals surface area (Å²) < 4.78 is 53.5. The molecule has 2 aliphatic rings. The Morgan fingerprint density at radius 2 is 1.44 bits per heavy atom. The summed E-state index contributed by atoms with van der Waals surface area (Å²) in [7, 11) is 0. The standard InChI is InChI=1S/2C11H13F2N3O2/c1-10(8(17)18)3-6-16(7-11(10,12)13)9-14-4-2-5-15-9;12-7-11(9(17)18)1-3-16(4-2-11)10-14-5-8(13)6-15-10/h2,4-5H,3,6-7H2,1H3,(H,17,18);5-6H,1-4,7H2,(H,17,18). The molecule has 14 heteroatoms. The van der Waals surface area contributed by atoms with Crippen molar-refractivity contribution < 1.29 is 37.4 Å². The molecule has 4 rings (SSSR count). The predicted octanol–water partition coefficient (Wildman–Crippen LogP) is 2.67. The van der Waals surface area contributed by atoms with E-state index < -0.39 is 47.7 Å². The molecule has 0 aliphatic carbocycles. The Labute approximate surface area is 204 Å². The van der Waals surface area contributed by atoms with Crippen LogP contribution in [0.2, 0.25) is 0 Å². The van der Waals surface area contributed by atoms with Gasteiger partial charge in [0.2, 0.25) is 11.9 Å². The summed E-state index contributed by atoms with van der Waals surface area (Å²) in [6.45, 7) is 0.422. The fourth-order valence-corrected chi connectivity index (χ4v) is 3.93. The number of rotatable bonds is 5. The second kappa shape index (κ2) is 10.6. The van der Waals surface area contributed by atoms with Gasteiger partial charge in [-0.1, -0.05) is 0 Å². The lowest BCUT2D eigenvalue weighted by molar-refractivity contribution is -0.179. The number of halogens is 4. The highest BCUT2D eigenvalue weighted by molar-refractivity contribution is 5.76. The zero-order valence-electron chi connectivity index (χ0n) is 19.4. The summed E-state index contributed by atoms with van der Waals surface area (Å²) >= 11 is 0. The van der Waals surface area contributed by atoms with Gasteiger partial charge in [0.05, 0.1) is 24.4 Å². The number of hydrogen-bond donors (Lipinski definition) is 2. The minimum absolute atomic E-state index is 0.145. The summed E-state index contributed by atoms with van der Waals surface area (Å²) in [6, 6.07) is 1.59. The van der Waals surface area contributed by atoms with Gasteiger partial charge in [-0.05, 0) is 32.3 Å². The Hall–Kier alpha value is -3.58. The third kappa shape index (κ3) is 5.46. The van der Waals surface area contributed by atoms with Crippen molar-refractivity contribution in [3.05, 3.63) is 36.7 Å². The van der Waals surface area contributed by atoms with Crippen molar-refractivity contribution >= 4 is 23.8 Å². The molecular weight excluding hydrogens is 488 g/mol. The van der Waals surface area contributed by atoms with Gasteiger partial charge in [-0.15, -0.1) is 0 Å². The molecule has 0 aromatic carbocycles. The van der Waals surface area contributed by atoms with Crippen molar-refractivity contribution in [2.75, 3.05) is 42.7 Å². The monoisotopic (exact) mass is 514 g/mol. The Kier molecular flexibility index (Phi) is 7.94. The zero-order chi connectivity index (χ0) is 26.6. The molecule has 2 aliphatic heterocycles. The Morgan fingerprint density at radius 3 is 1.92 bits per heavy atom. The lowest BCUT2D eigenvalue weighted by Crippen LogP contribution is -2.58. The van der Waals surface area contributed by atoms with Crippen LogP contribution < -0.4 is 9.80 Å². The van der Waals surface area contributed by atoms with E-state index >= 15 is 0 Å². The van der Waals surface area contributed by atoms with Crippen molar-refractivity contribution in [1.82, 2.24) is 19.9 Å². The Balaban J connectivity index is 0.000000201. The van der Waals surface area contributed by atoms with Crippen LogP contribution in [0.5, 0.6) is 0 Å². The highest BCUT2D eigenvalue weighted by Gasteiger charge is 2.59. The molecule has 0 bridgehead atoms. The van der Waals surface area contributed by atoms with E-state index in [9.17, 15) is 27.2 Å². The van der Waals surface area contributed by atoms with Gasteiger partial charge < -0.3 is 20.0 Å². The van der Waals surface area contributed by atoms with Gasteiger partial charge in [0.25, 0.3) is 5.92 Å². The van der Waals surface area contributed by atoms with Crippen LogP contribution in [-0.4, -0.2) is 80.9 Å². The minimum atomic E-state index is -3.32. The second-order valence-electron chi connectivity index (χ2n) is 8.97. The number of hydrogen-bond acceptors (Lipinski definition) is 8. The summed E-state index contributed by atoms with van der Waals surface area (Å²) in [5.74, 6) is -5.89. The van der Waals surface area contributed by atoms with Crippen molar-refractivity contribution in [1.29, 1.82) is 0 Å². The first-order valence-corrected chi connectivity index (χ1v) is 11.1. The maximum atomic E-state index is 14.0. The molecule has 36 heavy (non-hydrogen) atoms. The number of carboxylic acids is 2. The van der Waals surface area contributed by atoms with Gasteiger partial charge in [-0.3, -0.25) is 9.59 Å². The van der Waals surface area contributed by atoms with Gasteiger partial charge in [0.15, 0.2) is 5.82 Å². The van der Waals surface area contributed by atoms with Crippen LogP contribution in [0.1, 0.15) is 26.2 Å². The summed E-state index contributed by atoms with van der Waals surface area (Å²) in [4.78, 5) is 40.5. The van der Waals surface area contributed by atoms with Gasteiger partial charge in [-0.25, -0.2) is 37.5 Å². The zero-order valence-corrected chi connectivity index (χ0v) is 19.4. The molecule has 2 fully saturated rings. The van der Waals surface area contributed by atoms with Crippen LogP contribution in [0.25, 0.3) is 0 Å². The molecule has 4 heterocycles. The van der Waals surface area contributed by atoms with E-state index in [4.69, 9.17) is 10.2 Å². The second-order valence-corrected chi connectivity index (χ2v) is 8.97. The number of piperidine rings is 2. The number of aromatic nitrogens is 4. The van der Waals surface area contributed by atoms with Crippen LogP contribution in [0.15, 0.2) is 30.9 Å². The van der Waals surface area contributed by atoms with Gasteiger partial charge in [0.1, 0.15) is 12.1 Å². The SMILES string of the molecule is CC1(C(=O)O)CCN(c2ncccn2)CC1(F)F.O=C(O)C1(CF)CCN(c2ncc(F)cn2)CC1. The van der Waals surface area contributed by atoms with Crippen LogP contribution in [0.4, 0.5) is 29.5 Å². The number of anilines is 2. The third-order valence-corrected chi connectivity index (χ3v) is 6.71. The molecule has 2 N–H and O–H groups in total. The van der Waals surface area contributed by atoms with Crippen LogP contribution in [0.3, 0.4) is 0 Å². The van der Waals surface area contributed by atoms with E-state index in [1.807, 2.05) is 0 Å². The molecule has 0 amide bonds. The molecule has 2 aromatic heterocycles. The van der Waals surface area contributed by atoms with E-state index in [-0.39, 0.29) is 31.8 Å². The normalized spacial score (nSPS) is 22.8. The van der Waals surface area contributed by atoms with E-state index in [0.29, 0.717) is 19.0 Å². The van der Waals surface area contributed by atoms with Crippen LogP contribution in [-0.2, 0) is 9.59 Å². The molecule has 10 nitrogen and oxygen atoms in total. The van der Waals surface area contributed by atoms with Gasteiger partial charge >= 0.3 is 11.9 Å². The highest BCUT2D eigenvalue weighted by atomic mass is 19.3. The first-order chi connectivity index (χ1) is 16.9. The van der Waals surface area contributed by atoms with E-state index in [2.05, 4.69) is 19.9 Å². The quantitative estimate of drug-likeness (QED) is 0.574. The molecule has 0 saturated carbocycles. The van der Waals surface area contributed by atoms with Crippen molar-refractivity contribution in [3.8, 4) is 0 Å². The summed E-state index contributed by atoms with van der Waals surface area (Å²) in [5, 5.41) is 18.0. The largest absolute Gasteiger partial charge is 0.481 e. The average Bonchev–Trinajstić information content (AvgIpc) is 2.87. The molecule has 1 atom stereocenters. The third-order valence-electron chi connectivity index (χ3n) is 6.71. The van der Waals surface area contributed by atoms with Crippen molar-refractivity contribution in [2.45, 2.75) is 32.1 Å². The lowest BCUT2D eigenvalue weighted by Gasteiger charge is -2.42. The summed E-state index contributed by atoms with van der Waals surface area (Å²) in [5.41, 5.74) is -3.32.